The van der Waals surface area contributed by atoms with E-state index in [1.807, 2.05) is 31.7 Å². The minimum absolute atomic E-state index is 0.102. The molecule has 1 aliphatic carbocycles. The second kappa shape index (κ2) is 8.33. The summed E-state index contributed by atoms with van der Waals surface area (Å²) in [5.41, 5.74) is 2.90. The third kappa shape index (κ3) is 4.16. The first-order valence-corrected chi connectivity index (χ1v) is 9.46. The number of aliphatic hydroxyl groups is 1. The number of hydrogen-bond acceptors (Lipinski definition) is 5. The molecule has 2 N–H and O–H groups in total. The molecule has 1 aromatic heterocycles. The molecule has 1 saturated heterocycles. The van der Waals surface area contributed by atoms with E-state index in [0.29, 0.717) is 13.2 Å². The normalized spacial score (nSPS) is 27.8. The van der Waals surface area contributed by atoms with Gasteiger partial charge in [-0.25, -0.2) is 0 Å². The van der Waals surface area contributed by atoms with Gasteiger partial charge >= 0.3 is 0 Å². The molecule has 0 unspecified atom stereocenters. The summed E-state index contributed by atoms with van der Waals surface area (Å²) in [5, 5.41) is 18.1. The maximum atomic E-state index is 12.4. The van der Waals surface area contributed by atoms with Gasteiger partial charge in [0.2, 0.25) is 5.91 Å². The number of carbonyl (C=O) groups excluding carboxylic acids is 1. The van der Waals surface area contributed by atoms with Crippen LogP contribution in [0.2, 0.25) is 0 Å². The van der Waals surface area contributed by atoms with Crippen molar-refractivity contribution in [1.82, 2.24) is 20.0 Å². The smallest absolute Gasteiger partial charge is 0.244 e. The van der Waals surface area contributed by atoms with Crippen molar-refractivity contribution in [3.8, 4) is 0 Å². The monoisotopic (exact) mass is 362 g/mol. The van der Waals surface area contributed by atoms with Crippen LogP contribution in [0.3, 0.4) is 0 Å². The average Bonchev–Trinajstić information content (AvgIpc) is 2.88. The van der Waals surface area contributed by atoms with Crippen LogP contribution in [-0.4, -0.2) is 70.2 Å². The standard InChI is InChI=1S/C19H30N4O3/c1-13-15(14(2)22(3)21-13)7-8-18(24)20-16-5-4-6-17(19(16)25)23-9-11-26-12-10-23/h7-8,16-17,19,25H,4-6,9-12H2,1-3H3,(H,20,24)/b8-7+/t16-,17-,19-/m1/s1. The zero-order valence-corrected chi connectivity index (χ0v) is 15.9. The molecule has 2 aliphatic rings. The van der Waals surface area contributed by atoms with Gasteiger partial charge < -0.3 is 15.2 Å². The van der Waals surface area contributed by atoms with Gasteiger partial charge in [-0.3, -0.25) is 14.4 Å². The quantitative estimate of drug-likeness (QED) is 0.774. The number of amides is 1. The number of nitrogens with zero attached hydrogens (tertiary/aromatic N) is 3. The summed E-state index contributed by atoms with van der Waals surface area (Å²) in [7, 11) is 1.89. The van der Waals surface area contributed by atoms with E-state index in [4.69, 9.17) is 4.74 Å². The highest BCUT2D eigenvalue weighted by molar-refractivity contribution is 5.92. The van der Waals surface area contributed by atoms with Crippen LogP contribution in [0.4, 0.5) is 0 Å². The molecule has 7 nitrogen and oxygen atoms in total. The van der Waals surface area contributed by atoms with Gasteiger partial charge in [0.25, 0.3) is 0 Å². The van der Waals surface area contributed by atoms with E-state index < -0.39 is 6.10 Å². The highest BCUT2D eigenvalue weighted by atomic mass is 16.5. The van der Waals surface area contributed by atoms with E-state index in [1.165, 1.54) is 0 Å². The molecule has 144 valence electrons. The molecule has 0 bridgehead atoms. The van der Waals surface area contributed by atoms with Crippen molar-refractivity contribution in [2.24, 2.45) is 7.05 Å². The molecule has 0 spiro atoms. The lowest BCUT2D eigenvalue weighted by Gasteiger charge is -2.42. The number of nitrogens with one attached hydrogen (secondary N) is 1. The van der Waals surface area contributed by atoms with E-state index in [-0.39, 0.29) is 18.0 Å². The van der Waals surface area contributed by atoms with Gasteiger partial charge in [0.15, 0.2) is 0 Å². The van der Waals surface area contributed by atoms with Crippen molar-refractivity contribution < 1.29 is 14.6 Å². The summed E-state index contributed by atoms with van der Waals surface area (Å²) in [4.78, 5) is 14.7. The van der Waals surface area contributed by atoms with E-state index in [0.717, 1.165) is 49.3 Å². The lowest BCUT2D eigenvalue weighted by atomic mass is 9.86. The lowest BCUT2D eigenvalue weighted by Crippen LogP contribution is -2.58. The number of rotatable bonds is 4. The summed E-state index contributed by atoms with van der Waals surface area (Å²) in [5.74, 6) is -0.167. The van der Waals surface area contributed by atoms with E-state index >= 15 is 0 Å². The van der Waals surface area contributed by atoms with Gasteiger partial charge in [0.1, 0.15) is 0 Å². The number of ether oxygens (including phenoxy) is 1. The summed E-state index contributed by atoms with van der Waals surface area (Å²) < 4.78 is 7.21. The van der Waals surface area contributed by atoms with Gasteiger partial charge in [0.05, 0.1) is 31.1 Å². The van der Waals surface area contributed by atoms with Crippen molar-refractivity contribution in [3.63, 3.8) is 0 Å². The Kier molecular flexibility index (Phi) is 6.11. The second-order valence-electron chi connectivity index (χ2n) is 7.29. The van der Waals surface area contributed by atoms with Crippen LogP contribution in [0.25, 0.3) is 6.08 Å². The highest BCUT2D eigenvalue weighted by Crippen LogP contribution is 2.24. The van der Waals surface area contributed by atoms with Crippen molar-refractivity contribution in [2.45, 2.75) is 51.3 Å². The number of aliphatic hydroxyl groups excluding tert-OH is 1. The molecule has 0 radical (unpaired) electrons. The van der Waals surface area contributed by atoms with Crippen LogP contribution < -0.4 is 5.32 Å². The molecule has 1 amide bonds. The topological polar surface area (TPSA) is 79.6 Å². The van der Waals surface area contributed by atoms with Crippen molar-refractivity contribution in [2.75, 3.05) is 26.3 Å². The fraction of sp³-hybridized carbons (Fsp3) is 0.684. The van der Waals surface area contributed by atoms with Gasteiger partial charge in [-0.05, 0) is 39.2 Å². The van der Waals surface area contributed by atoms with Crippen LogP contribution in [0.15, 0.2) is 6.08 Å². The third-order valence-corrected chi connectivity index (χ3v) is 5.63. The summed E-state index contributed by atoms with van der Waals surface area (Å²) in [6.07, 6.45) is 5.60. The zero-order valence-electron chi connectivity index (χ0n) is 15.9. The van der Waals surface area contributed by atoms with Crippen molar-refractivity contribution in [3.05, 3.63) is 23.0 Å². The van der Waals surface area contributed by atoms with Gasteiger partial charge in [-0.1, -0.05) is 0 Å². The molecule has 26 heavy (non-hydrogen) atoms. The summed E-state index contributed by atoms with van der Waals surface area (Å²) in [6, 6.07) is -0.102. The number of hydrogen-bond donors (Lipinski definition) is 2. The summed E-state index contributed by atoms with van der Waals surface area (Å²) in [6.45, 7) is 7.04. The van der Waals surface area contributed by atoms with Crippen LogP contribution in [0.5, 0.6) is 0 Å². The second-order valence-corrected chi connectivity index (χ2v) is 7.29. The summed E-state index contributed by atoms with van der Waals surface area (Å²) >= 11 is 0. The largest absolute Gasteiger partial charge is 0.389 e. The molecular weight excluding hydrogens is 332 g/mol. The molecule has 2 heterocycles. The molecule has 2 fully saturated rings. The Morgan fingerprint density at radius 2 is 2.04 bits per heavy atom. The first-order valence-electron chi connectivity index (χ1n) is 9.46. The fourth-order valence-electron chi connectivity index (χ4n) is 4.04. The van der Waals surface area contributed by atoms with Crippen LogP contribution in [0.1, 0.15) is 36.2 Å². The Labute approximate surface area is 155 Å². The Balaban J connectivity index is 1.60. The number of carbonyl (C=O) groups is 1. The van der Waals surface area contributed by atoms with Gasteiger partial charge in [-0.15, -0.1) is 0 Å². The molecule has 1 aromatic rings. The van der Waals surface area contributed by atoms with Crippen molar-refractivity contribution >= 4 is 12.0 Å². The minimum Gasteiger partial charge on any atom is -0.389 e. The lowest BCUT2D eigenvalue weighted by molar-refractivity contribution is -0.119. The maximum Gasteiger partial charge on any atom is 0.244 e. The third-order valence-electron chi connectivity index (χ3n) is 5.63. The molecule has 1 aliphatic heterocycles. The van der Waals surface area contributed by atoms with Gasteiger partial charge in [-0.2, -0.15) is 5.10 Å². The first kappa shape index (κ1) is 19.1. The number of aryl methyl sites for hydroxylation is 2. The Morgan fingerprint density at radius 1 is 1.31 bits per heavy atom. The van der Waals surface area contributed by atoms with Crippen LogP contribution >= 0.6 is 0 Å². The molecular formula is C19H30N4O3. The van der Waals surface area contributed by atoms with Gasteiger partial charge in [0, 0.05) is 43.5 Å². The Morgan fingerprint density at radius 3 is 2.69 bits per heavy atom. The minimum atomic E-state index is -0.541. The van der Waals surface area contributed by atoms with Crippen LogP contribution in [-0.2, 0) is 16.6 Å². The molecule has 3 rings (SSSR count). The predicted molar refractivity (Wildman–Crippen MR) is 99.7 cm³/mol. The van der Waals surface area contributed by atoms with Crippen LogP contribution in [0, 0.1) is 13.8 Å². The molecule has 3 atom stereocenters. The van der Waals surface area contributed by atoms with E-state index in [1.54, 1.807) is 6.08 Å². The Bertz CT molecular complexity index is 664. The van der Waals surface area contributed by atoms with E-state index in [9.17, 15) is 9.90 Å². The predicted octanol–water partition coefficient (Wildman–Crippen LogP) is 0.781. The number of aromatic nitrogens is 2. The molecule has 7 heteroatoms. The highest BCUT2D eigenvalue weighted by Gasteiger charge is 2.36. The first-order chi connectivity index (χ1) is 12.5. The Hall–Kier alpha value is -1.70. The zero-order chi connectivity index (χ0) is 18.7. The SMILES string of the molecule is Cc1nn(C)c(C)c1/C=C/C(=O)N[C@@H]1CCC[C@@H](N2CCOCC2)[C@@H]1O. The molecule has 1 saturated carbocycles. The number of morpholine rings is 1. The maximum absolute atomic E-state index is 12.4. The van der Waals surface area contributed by atoms with E-state index in [2.05, 4.69) is 15.3 Å². The average molecular weight is 362 g/mol. The fourth-order valence-corrected chi connectivity index (χ4v) is 4.04. The molecule has 0 aromatic carbocycles. The van der Waals surface area contributed by atoms with Crippen molar-refractivity contribution in [1.29, 1.82) is 0 Å².